The maximum absolute atomic E-state index is 5.95. The normalized spacial score (nSPS) is 21.9. The molecule has 0 aromatic carbocycles. The van der Waals surface area contributed by atoms with Gasteiger partial charge in [-0.1, -0.05) is 6.92 Å². The number of hydrogen-bond donors (Lipinski definition) is 1. The summed E-state index contributed by atoms with van der Waals surface area (Å²) in [7, 11) is 0. The molecule has 1 aromatic heterocycles. The van der Waals surface area contributed by atoms with Crippen LogP contribution < -0.4 is 10.2 Å². The van der Waals surface area contributed by atoms with Crippen molar-refractivity contribution in [3.63, 3.8) is 0 Å². The van der Waals surface area contributed by atoms with Gasteiger partial charge in [0, 0.05) is 31.4 Å². The molecule has 1 unspecified atom stereocenters. The van der Waals surface area contributed by atoms with E-state index in [1.807, 2.05) is 13.0 Å². The molecule has 2 rings (SSSR count). The van der Waals surface area contributed by atoms with Crippen molar-refractivity contribution in [1.29, 1.82) is 0 Å². The number of aromatic nitrogens is 2. The Bertz CT molecular complexity index is 461. The van der Waals surface area contributed by atoms with Gasteiger partial charge < -0.3 is 15.0 Å². The standard InChI is InChI=1S/C15H26N4O/c1-6-7-16-14-17-11(2)8-13(18-14)19-9-12(3)20-15(4,5)10-19/h8,12H,6-7,9-10H2,1-5H3,(H,16,17,18). The summed E-state index contributed by atoms with van der Waals surface area (Å²) < 4.78 is 5.95. The van der Waals surface area contributed by atoms with Crippen molar-refractivity contribution in [3.05, 3.63) is 11.8 Å². The summed E-state index contributed by atoms with van der Waals surface area (Å²) in [6.45, 7) is 13.1. The minimum Gasteiger partial charge on any atom is -0.369 e. The van der Waals surface area contributed by atoms with Crippen LogP contribution >= 0.6 is 0 Å². The molecule has 1 saturated heterocycles. The SMILES string of the molecule is CCCNc1nc(C)cc(N2CC(C)OC(C)(C)C2)n1. The molecule has 0 spiro atoms. The summed E-state index contributed by atoms with van der Waals surface area (Å²) in [5.41, 5.74) is 0.846. The van der Waals surface area contributed by atoms with Crippen molar-refractivity contribution in [3.8, 4) is 0 Å². The Morgan fingerprint density at radius 1 is 1.45 bits per heavy atom. The van der Waals surface area contributed by atoms with Gasteiger partial charge in [0.25, 0.3) is 0 Å². The van der Waals surface area contributed by atoms with Gasteiger partial charge in [0.1, 0.15) is 5.82 Å². The number of hydrogen-bond acceptors (Lipinski definition) is 5. The minimum absolute atomic E-state index is 0.145. The fourth-order valence-corrected chi connectivity index (χ4v) is 2.66. The van der Waals surface area contributed by atoms with E-state index in [9.17, 15) is 0 Å². The summed E-state index contributed by atoms with van der Waals surface area (Å²) in [6, 6.07) is 2.05. The van der Waals surface area contributed by atoms with E-state index in [1.165, 1.54) is 0 Å². The third kappa shape index (κ3) is 3.82. The number of nitrogens with one attached hydrogen (secondary N) is 1. The van der Waals surface area contributed by atoms with Gasteiger partial charge >= 0.3 is 0 Å². The third-order valence-corrected chi connectivity index (χ3v) is 3.27. The van der Waals surface area contributed by atoms with Gasteiger partial charge in [0.15, 0.2) is 0 Å². The zero-order valence-corrected chi connectivity index (χ0v) is 13.2. The van der Waals surface area contributed by atoms with Gasteiger partial charge in [-0.15, -0.1) is 0 Å². The van der Waals surface area contributed by atoms with Crippen LogP contribution in [0.15, 0.2) is 6.07 Å². The highest BCUT2D eigenvalue weighted by Crippen LogP contribution is 2.25. The first-order valence-electron chi connectivity index (χ1n) is 7.42. The molecule has 1 atom stereocenters. The van der Waals surface area contributed by atoms with E-state index < -0.39 is 0 Å². The van der Waals surface area contributed by atoms with Crippen LogP contribution in [-0.2, 0) is 4.74 Å². The second kappa shape index (κ2) is 5.95. The van der Waals surface area contributed by atoms with Gasteiger partial charge in [-0.25, -0.2) is 4.98 Å². The maximum atomic E-state index is 5.95. The molecule has 5 nitrogen and oxygen atoms in total. The Balaban J connectivity index is 2.20. The molecular formula is C15H26N4O. The number of rotatable bonds is 4. The molecule has 1 fully saturated rings. The summed E-state index contributed by atoms with van der Waals surface area (Å²) in [5, 5.41) is 3.27. The number of morpholine rings is 1. The Morgan fingerprint density at radius 3 is 2.85 bits per heavy atom. The molecule has 0 radical (unpaired) electrons. The predicted octanol–water partition coefficient (Wildman–Crippen LogP) is 2.61. The molecule has 2 heterocycles. The average Bonchev–Trinajstić information content (AvgIpc) is 2.33. The molecule has 0 bridgehead atoms. The van der Waals surface area contributed by atoms with E-state index in [1.54, 1.807) is 0 Å². The number of anilines is 2. The largest absolute Gasteiger partial charge is 0.369 e. The molecule has 5 heteroatoms. The summed E-state index contributed by atoms with van der Waals surface area (Å²) in [5.74, 6) is 1.71. The van der Waals surface area contributed by atoms with Gasteiger partial charge in [-0.2, -0.15) is 4.98 Å². The number of nitrogens with zero attached hydrogens (tertiary/aromatic N) is 3. The Labute approximate surface area is 121 Å². The molecule has 112 valence electrons. The lowest BCUT2D eigenvalue weighted by Gasteiger charge is -2.42. The molecule has 1 aromatic rings. The van der Waals surface area contributed by atoms with Crippen LogP contribution in [0, 0.1) is 6.92 Å². The highest BCUT2D eigenvalue weighted by Gasteiger charge is 2.32. The van der Waals surface area contributed by atoms with Crippen molar-refractivity contribution in [2.75, 3.05) is 29.9 Å². The van der Waals surface area contributed by atoms with E-state index >= 15 is 0 Å². The fraction of sp³-hybridized carbons (Fsp3) is 0.733. The minimum atomic E-state index is -0.145. The van der Waals surface area contributed by atoms with Crippen LogP contribution in [0.1, 0.15) is 39.8 Å². The second-order valence-electron chi connectivity index (χ2n) is 6.19. The summed E-state index contributed by atoms with van der Waals surface area (Å²) in [4.78, 5) is 11.4. The Hall–Kier alpha value is -1.36. The first-order chi connectivity index (χ1) is 9.39. The van der Waals surface area contributed by atoms with Crippen molar-refractivity contribution in [2.45, 2.75) is 52.7 Å². The van der Waals surface area contributed by atoms with Crippen LogP contribution in [0.2, 0.25) is 0 Å². The first kappa shape index (κ1) is 15.0. The predicted molar refractivity (Wildman–Crippen MR) is 82.4 cm³/mol. The van der Waals surface area contributed by atoms with Crippen LogP contribution in [0.25, 0.3) is 0 Å². The second-order valence-corrected chi connectivity index (χ2v) is 6.19. The topological polar surface area (TPSA) is 50.3 Å². The van der Waals surface area contributed by atoms with E-state index in [-0.39, 0.29) is 11.7 Å². The quantitative estimate of drug-likeness (QED) is 0.917. The lowest BCUT2D eigenvalue weighted by atomic mass is 10.1. The van der Waals surface area contributed by atoms with Crippen molar-refractivity contribution in [1.82, 2.24) is 9.97 Å². The maximum Gasteiger partial charge on any atom is 0.224 e. The fourth-order valence-electron chi connectivity index (χ4n) is 2.66. The van der Waals surface area contributed by atoms with Crippen molar-refractivity contribution < 1.29 is 4.74 Å². The molecule has 0 saturated carbocycles. The highest BCUT2D eigenvalue weighted by atomic mass is 16.5. The van der Waals surface area contributed by atoms with Crippen LogP contribution in [0.5, 0.6) is 0 Å². The van der Waals surface area contributed by atoms with E-state index in [2.05, 4.69) is 47.9 Å². The average molecular weight is 278 g/mol. The van der Waals surface area contributed by atoms with Gasteiger partial charge in [0.2, 0.25) is 5.95 Å². The molecule has 20 heavy (non-hydrogen) atoms. The van der Waals surface area contributed by atoms with Crippen molar-refractivity contribution in [2.24, 2.45) is 0 Å². The molecular weight excluding hydrogens is 252 g/mol. The number of ether oxygens (including phenoxy) is 1. The smallest absolute Gasteiger partial charge is 0.224 e. The van der Waals surface area contributed by atoms with E-state index in [4.69, 9.17) is 4.74 Å². The molecule has 0 aliphatic carbocycles. The van der Waals surface area contributed by atoms with Crippen LogP contribution in [-0.4, -0.2) is 41.3 Å². The number of aryl methyl sites for hydroxylation is 1. The highest BCUT2D eigenvalue weighted by molar-refractivity contribution is 5.45. The summed E-state index contributed by atoms with van der Waals surface area (Å²) >= 11 is 0. The summed E-state index contributed by atoms with van der Waals surface area (Å²) in [6.07, 6.45) is 1.27. The molecule has 0 amide bonds. The van der Waals surface area contributed by atoms with Gasteiger partial charge in [-0.05, 0) is 34.1 Å². The zero-order chi connectivity index (χ0) is 14.8. The molecule has 1 aliphatic heterocycles. The van der Waals surface area contributed by atoms with Crippen molar-refractivity contribution >= 4 is 11.8 Å². The van der Waals surface area contributed by atoms with Gasteiger partial charge in [-0.3, -0.25) is 0 Å². The van der Waals surface area contributed by atoms with Crippen LogP contribution in [0.3, 0.4) is 0 Å². The molecule has 1 N–H and O–H groups in total. The first-order valence-corrected chi connectivity index (χ1v) is 7.42. The zero-order valence-electron chi connectivity index (χ0n) is 13.2. The van der Waals surface area contributed by atoms with E-state index in [0.29, 0.717) is 0 Å². The Morgan fingerprint density at radius 2 is 2.20 bits per heavy atom. The lowest BCUT2D eigenvalue weighted by molar-refractivity contribution is -0.0751. The Kier molecular flexibility index (Phi) is 4.48. The molecule has 1 aliphatic rings. The third-order valence-electron chi connectivity index (χ3n) is 3.27. The van der Waals surface area contributed by atoms with Gasteiger partial charge in [0.05, 0.1) is 11.7 Å². The van der Waals surface area contributed by atoms with Crippen LogP contribution in [0.4, 0.5) is 11.8 Å². The van der Waals surface area contributed by atoms with E-state index in [0.717, 1.165) is 43.5 Å². The monoisotopic (exact) mass is 278 g/mol. The lowest BCUT2D eigenvalue weighted by Crippen LogP contribution is -2.52.